The van der Waals surface area contributed by atoms with Crippen LogP contribution < -0.4 is 11.1 Å². The molecule has 2 bridgehead atoms. The van der Waals surface area contributed by atoms with E-state index in [2.05, 4.69) is 31.3 Å². The fourth-order valence-corrected chi connectivity index (χ4v) is 4.76. The molecule has 208 valence electrons. The summed E-state index contributed by atoms with van der Waals surface area (Å²) in [7, 11) is 0. The zero-order valence-electron chi connectivity index (χ0n) is 23.4. The Hall–Kier alpha value is -2.81. The van der Waals surface area contributed by atoms with Crippen molar-refractivity contribution in [2.45, 2.75) is 85.0 Å². The van der Waals surface area contributed by atoms with E-state index in [-0.39, 0.29) is 24.5 Å². The molecule has 0 fully saturated rings. The maximum Gasteiger partial charge on any atom is 0.331 e. The van der Waals surface area contributed by atoms with Crippen molar-refractivity contribution in [2.75, 3.05) is 13.1 Å². The predicted octanol–water partition coefficient (Wildman–Crippen LogP) is 5.14. The molecule has 1 aliphatic rings. The second kappa shape index (κ2) is 16.9. The van der Waals surface area contributed by atoms with Crippen molar-refractivity contribution >= 4 is 23.3 Å². The van der Waals surface area contributed by atoms with E-state index in [1.165, 1.54) is 17.4 Å². The maximum atomic E-state index is 12.6. The van der Waals surface area contributed by atoms with E-state index >= 15 is 0 Å². The molecule has 0 spiro atoms. The molecule has 1 aliphatic heterocycles. The number of hydrogen-bond donors (Lipinski definition) is 2. The van der Waals surface area contributed by atoms with Gasteiger partial charge in [-0.1, -0.05) is 54.0 Å². The predicted molar refractivity (Wildman–Crippen MR) is 155 cm³/mol. The van der Waals surface area contributed by atoms with E-state index in [4.69, 9.17) is 20.2 Å². The third-order valence-corrected chi connectivity index (χ3v) is 6.79. The first-order valence-corrected chi connectivity index (χ1v) is 14.2. The molecule has 0 saturated carbocycles. The molecular formula is C30H43N3O4S. The van der Waals surface area contributed by atoms with E-state index in [1.54, 1.807) is 6.08 Å². The van der Waals surface area contributed by atoms with Gasteiger partial charge in [0.2, 0.25) is 0 Å². The van der Waals surface area contributed by atoms with Crippen LogP contribution in [0.15, 0.2) is 64.6 Å². The maximum absolute atomic E-state index is 12.6. The van der Waals surface area contributed by atoms with Crippen molar-refractivity contribution in [1.82, 2.24) is 10.3 Å². The molecule has 0 aliphatic carbocycles. The van der Waals surface area contributed by atoms with E-state index in [0.29, 0.717) is 25.7 Å². The largest absolute Gasteiger partial charge is 0.462 e. The number of allylic oxidation sites excluding steroid dienone is 6. The quantitative estimate of drug-likeness (QED) is 0.292. The Labute approximate surface area is 231 Å². The smallest absolute Gasteiger partial charge is 0.331 e. The molecule has 0 radical (unpaired) electrons. The van der Waals surface area contributed by atoms with E-state index in [1.807, 2.05) is 44.4 Å². The highest BCUT2D eigenvalue weighted by Gasteiger charge is 2.17. The second-order valence-electron chi connectivity index (χ2n) is 9.79. The lowest BCUT2D eigenvalue weighted by atomic mass is 10.1. The van der Waals surface area contributed by atoms with Gasteiger partial charge < -0.3 is 20.5 Å². The Morgan fingerprint density at radius 1 is 1.18 bits per heavy atom. The van der Waals surface area contributed by atoms with E-state index in [0.717, 1.165) is 40.5 Å². The highest BCUT2D eigenvalue weighted by atomic mass is 32.1. The van der Waals surface area contributed by atoms with E-state index < -0.39 is 12.1 Å². The molecule has 0 unspecified atom stereocenters. The number of hydrogen-bond acceptors (Lipinski definition) is 8. The third kappa shape index (κ3) is 13.1. The molecule has 0 saturated heterocycles. The lowest BCUT2D eigenvalue weighted by molar-refractivity contribution is -0.148. The van der Waals surface area contributed by atoms with Crippen LogP contribution in [0.25, 0.3) is 0 Å². The molecule has 1 aromatic rings. The van der Waals surface area contributed by atoms with Crippen LogP contribution >= 0.6 is 11.3 Å². The summed E-state index contributed by atoms with van der Waals surface area (Å²) >= 11 is 1.54. The number of aryl methyl sites for hydroxylation is 1. The number of fused-ring (bicyclic) bond motifs is 2. The Morgan fingerprint density at radius 3 is 2.71 bits per heavy atom. The van der Waals surface area contributed by atoms with Gasteiger partial charge in [0.05, 0.1) is 17.1 Å². The van der Waals surface area contributed by atoms with Gasteiger partial charge in [-0.25, -0.2) is 9.78 Å². The van der Waals surface area contributed by atoms with Crippen molar-refractivity contribution in [3.8, 4) is 0 Å². The zero-order valence-corrected chi connectivity index (χ0v) is 24.2. The molecule has 3 N–H and O–H groups in total. The van der Waals surface area contributed by atoms with Crippen LogP contribution in [0.5, 0.6) is 0 Å². The summed E-state index contributed by atoms with van der Waals surface area (Å²) in [6.45, 7) is 11.7. The van der Waals surface area contributed by atoms with Crippen molar-refractivity contribution in [1.29, 1.82) is 0 Å². The Kier molecular flexibility index (Phi) is 14.0. The molecule has 7 nitrogen and oxygen atoms in total. The number of nitrogens with zero attached hydrogens (tertiary/aromatic N) is 1. The number of thiazole rings is 1. The number of cyclic esters (lactones) is 2. The fourth-order valence-electron chi connectivity index (χ4n) is 3.89. The first-order chi connectivity index (χ1) is 18.1. The second-order valence-corrected chi connectivity index (χ2v) is 10.7. The topological polar surface area (TPSA) is 104 Å². The number of carbonyl (C=O) groups is 2. The van der Waals surface area contributed by atoms with Crippen molar-refractivity contribution in [3.05, 3.63) is 75.3 Å². The first-order valence-electron chi connectivity index (χ1n) is 13.3. The molecule has 8 heteroatoms. The van der Waals surface area contributed by atoms with Gasteiger partial charge in [0.25, 0.3) is 0 Å². The lowest BCUT2D eigenvalue weighted by Crippen LogP contribution is -2.27. The van der Waals surface area contributed by atoms with Gasteiger partial charge in [-0.3, -0.25) is 4.79 Å². The highest BCUT2D eigenvalue weighted by molar-refractivity contribution is 7.09. The Morgan fingerprint density at radius 2 is 1.95 bits per heavy atom. The summed E-state index contributed by atoms with van der Waals surface area (Å²) in [5.41, 5.74) is 10.3. The van der Waals surface area contributed by atoms with E-state index in [9.17, 15) is 9.59 Å². The summed E-state index contributed by atoms with van der Waals surface area (Å²) < 4.78 is 11.3. The summed E-state index contributed by atoms with van der Waals surface area (Å²) in [5, 5.41) is 6.16. The van der Waals surface area contributed by atoms with Crippen LogP contribution in [0, 0.1) is 0 Å². The van der Waals surface area contributed by atoms with Crippen LogP contribution in [-0.4, -0.2) is 48.3 Å². The Balaban J connectivity index is 2.23. The molecule has 1 aromatic heterocycles. The number of likely N-dealkylation sites (N-methyl/N-ethyl adjacent to an activating group) is 1. The Bertz CT molecular complexity index is 1070. The summed E-state index contributed by atoms with van der Waals surface area (Å²) in [4.78, 5) is 29.6. The molecule has 2 rings (SSSR count). The SMILES string of the molecule is CCNC/C=C(C)/C=C/C(C)=C/[C@@H]1Cc2nc(cs2)CC[C@@H](N)CC(=O)O[C@@H](C)C/C(C)=C/C=C\C(=O)O1. The van der Waals surface area contributed by atoms with Crippen LogP contribution in [-0.2, 0) is 31.9 Å². The molecule has 2 heterocycles. The molecule has 0 aromatic carbocycles. The van der Waals surface area contributed by atoms with Crippen LogP contribution in [0.4, 0.5) is 0 Å². The van der Waals surface area contributed by atoms with Crippen LogP contribution in [0.3, 0.4) is 0 Å². The number of nitrogens with one attached hydrogen (secondary N) is 1. The minimum atomic E-state index is -0.456. The van der Waals surface area contributed by atoms with Gasteiger partial charge >= 0.3 is 11.9 Å². The normalized spacial score (nSPS) is 25.5. The number of carbonyl (C=O) groups excluding carboxylic acids is 2. The third-order valence-electron chi connectivity index (χ3n) is 5.87. The molecule has 38 heavy (non-hydrogen) atoms. The van der Waals surface area contributed by atoms with Gasteiger partial charge in [0, 0.05) is 36.9 Å². The highest BCUT2D eigenvalue weighted by Crippen LogP contribution is 2.18. The number of ether oxygens (including phenoxy) is 2. The molecule has 0 amide bonds. The minimum absolute atomic E-state index is 0.176. The van der Waals surface area contributed by atoms with Gasteiger partial charge in [-0.05, 0) is 53.2 Å². The monoisotopic (exact) mass is 541 g/mol. The average Bonchev–Trinajstić information content (AvgIpc) is 3.28. The summed E-state index contributed by atoms with van der Waals surface area (Å²) in [5.74, 6) is -0.717. The van der Waals surface area contributed by atoms with Crippen molar-refractivity contribution < 1.29 is 19.1 Å². The number of rotatable bonds is 6. The summed E-state index contributed by atoms with van der Waals surface area (Å²) in [6.07, 6.45) is 14.9. The van der Waals surface area contributed by atoms with Crippen LogP contribution in [0.2, 0.25) is 0 Å². The molecule has 3 atom stereocenters. The van der Waals surface area contributed by atoms with Gasteiger partial charge in [-0.15, -0.1) is 11.3 Å². The minimum Gasteiger partial charge on any atom is -0.462 e. The van der Waals surface area contributed by atoms with Gasteiger partial charge in [0.1, 0.15) is 12.2 Å². The van der Waals surface area contributed by atoms with Crippen molar-refractivity contribution in [3.63, 3.8) is 0 Å². The first kappa shape index (κ1) is 31.4. The number of aromatic nitrogens is 1. The zero-order chi connectivity index (χ0) is 27.9. The molecular weight excluding hydrogens is 498 g/mol. The lowest BCUT2D eigenvalue weighted by Gasteiger charge is -2.15. The number of esters is 2. The van der Waals surface area contributed by atoms with Crippen molar-refractivity contribution in [2.24, 2.45) is 5.73 Å². The van der Waals surface area contributed by atoms with Gasteiger partial charge in [0.15, 0.2) is 0 Å². The number of nitrogens with two attached hydrogens (primary N) is 1. The van der Waals surface area contributed by atoms with Crippen LogP contribution in [0.1, 0.15) is 64.6 Å². The summed E-state index contributed by atoms with van der Waals surface area (Å²) in [6, 6.07) is -0.289. The standard InChI is InChI=1S/C30H43N3O4S/c1-6-32-15-14-21(2)10-11-23(4)17-27-19-28-33-26(20-38-28)13-12-25(31)18-30(35)36-24(5)16-22(3)8-7-9-29(34)37-27/h7-11,14,17,20,24-25,27,32H,6,12-13,15-16,18-19,31H2,1-5H3/b9-7-,11-10+,21-14+,22-8+,23-17+/t24-,25+,27+/m0/s1. The fraction of sp³-hybridized carbons (Fsp3) is 0.500. The average molecular weight is 542 g/mol. The van der Waals surface area contributed by atoms with Gasteiger partial charge in [-0.2, -0.15) is 0 Å².